The van der Waals surface area contributed by atoms with Crippen LogP contribution in [0.1, 0.15) is 11.6 Å². The fourth-order valence-corrected chi connectivity index (χ4v) is 2.37. The zero-order valence-electron chi connectivity index (χ0n) is 11.5. The van der Waals surface area contributed by atoms with Crippen molar-refractivity contribution in [2.24, 2.45) is 5.73 Å². The quantitative estimate of drug-likeness (QED) is 0.796. The van der Waals surface area contributed by atoms with Gasteiger partial charge in [-0.15, -0.1) is 0 Å². The maximum atomic E-state index is 13.4. The molecule has 0 aliphatic heterocycles. The maximum absolute atomic E-state index is 13.4. The van der Waals surface area contributed by atoms with E-state index in [4.69, 9.17) is 5.73 Å². The van der Waals surface area contributed by atoms with E-state index in [0.29, 0.717) is 6.54 Å². The van der Waals surface area contributed by atoms with Crippen LogP contribution < -0.4 is 5.73 Å². The minimum atomic E-state index is -0.257. The van der Waals surface area contributed by atoms with Crippen molar-refractivity contribution in [2.45, 2.75) is 12.6 Å². The smallest absolute Gasteiger partial charge is 0.123 e. The number of rotatable bonds is 4. The van der Waals surface area contributed by atoms with Crippen LogP contribution in [0.2, 0.25) is 0 Å². The van der Waals surface area contributed by atoms with Crippen molar-refractivity contribution >= 4 is 0 Å². The van der Waals surface area contributed by atoms with E-state index in [1.165, 1.54) is 12.1 Å². The molecule has 0 aliphatic carbocycles. The van der Waals surface area contributed by atoms with Crippen molar-refractivity contribution in [2.75, 3.05) is 0 Å². The lowest BCUT2D eigenvalue weighted by atomic mass is 10.1. The van der Waals surface area contributed by atoms with Crippen LogP contribution >= 0.6 is 0 Å². The Hall–Kier alpha value is -2.46. The molecule has 0 saturated carbocycles. The van der Waals surface area contributed by atoms with Crippen LogP contribution in [0.15, 0.2) is 67.1 Å². The van der Waals surface area contributed by atoms with Crippen LogP contribution in [-0.4, -0.2) is 9.55 Å². The van der Waals surface area contributed by atoms with E-state index in [0.717, 1.165) is 16.8 Å². The number of benzene rings is 2. The fourth-order valence-electron chi connectivity index (χ4n) is 2.37. The van der Waals surface area contributed by atoms with Crippen LogP contribution in [0.25, 0.3) is 11.3 Å². The molecule has 0 bridgehead atoms. The Labute approximate surface area is 122 Å². The summed E-state index contributed by atoms with van der Waals surface area (Å²) in [6.45, 7) is 0.593. The Morgan fingerprint density at radius 1 is 1.10 bits per heavy atom. The molecule has 1 aromatic heterocycles. The predicted octanol–water partition coefficient (Wildman–Crippen LogP) is 3.39. The first kappa shape index (κ1) is 13.5. The van der Waals surface area contributed by atoms with Gasteiger partial charge < -0.3 is 10.3 Å². The van der Waals surface area contributed by atoms with E-state index < -0.39 is 0 Å². The van der Waals surface area contributed by atoms with E-state index in [-0.39, 0.29) is 11.9 Å². The van der Waals surface area contributed by atoms with Crippen LogP contribution in [0, 0.1) is 5.82 Å². The standard InChI is InChI=1S/C17H16FN3/c18-15-8-4-7-14(9-15)17-10-20-12-21(17)11-16(19)13-5-2-1-3-6-13/h1-10,12,16H,11,19H2. The highest BCUT2D eigenvalue weighted by atomic mass is 19.1. The summed E-state index contributed by atoms with van der Waals surface area (Å²) in [7, 11) is 0. The number of aromatic nitrogens is 2. The third-order valence-corrected chi connectivity index (χ3v) is 3.45. The summed E-state index contributed by atoms with van der Waals surface area (Å²) in [5.41, 5.74) is 8.97. The molecule has 1 heterocycles. The second kappa shape index (κ2) is 5.89. The first-order chi connectivity index (χ1) is 10.2. The van der Waals surface area contributed by atoms with Gasteiger partial charge in [-0.2, -0.15) is 0 Å². The second-order valence-electron chi connectivity index (χ2n) is 4.96. The number of hydrogen-bond acceptors (Lipinski definition) is 2. The van der Waals surface area contributed by atoms with Crippen LogP contribution in [0.3, 0.4) is 0 Å². The lowest BCUT2D eigenvalue weighted by Gasteiger charge is -2.15. The Morgan fingerprint density at radius 2 is 1.90 bits per heavy atom. The number of nitrogens with zero attached hydrogens (tertiary/aromatic N) is 2. The van der Waals surface area contributed by atoms with Gasteiger partial charge in [0.25, 0.3) is 0 Å². The molecule has 1 unspecified atom stereocenters. The molecule has 1 atom stereocenters. The van der Waals surface area contributed by atoms with Gasteiger partial charge in [-0.1, -0.05) is 42.5 Å². The zero-order chi connectivity index (χ0) is 14.7. The van der Waals surface area contributed by atoms with Gasteiger partial charge in [-0.3, -0.25) is 0 Å². The summed E-state index contributed by atoms with van der Waals surface area (Å²) in [6, 6.07) is 16.3. The highest BCUT2D eigenvalue weighted by Gasteiger charge is 2.11. The van der Waals surface area contributed by atoms with Gasteiger partial charge in [0.1, 0.15) is 5.82 Å². The summed E-state index contributed by atoms with van der Waals surface area (Å²) in [6.07, 6.45) is 3.45. The average molecular weight is 281 g/mol. The van der Waals surface area contributed by atoms with Gasteiger partial charge in [0, 0.05) is 18.2 Å². The van der Waals surface area contributed by atoms with Crippen LogP contribution in [0.4, 0.5) is 4.39 Å². The van der Waals surface area contributed by atoms with Crippen molar-refractivity contribution in [3.63, 3.8) is 0 Å². The minimum Gasteiger partial charge on any atom is -0.329 e. The largest absolute Gasteiger partial charge is 0.329 e. The Kier molecular flexibility index (Phi) is 3.79. The predicted molar refractivity (Wildman–Crippen MR) is 81.0 cm³/mol. The summed E-state index contributed by atoms with van der Waals surface area (Å²) < 4.78 is 15.3. The molecule has 21 heavy (non-hydrogen) atoms. The molecule has 2 aromatic carbocycles. The third-order valence-electron chi connectivity index (χ3n) is 3.45. The average Bonchev–Trinajstić information content (AvgIpc) is 2.96. The summed E-state index contributed by atoms with van der Waals surface area (Å²) in [5.74, 6) is -0.257. The molecule has 4 heteroatoms. The number of nitrogens with two attached hydrogens (primary N) is 1. The molecular weight excluding hydrogens is 265 g/mol. The summed E-state index contributed by atoms with van der Waals surface area (Å²) in [4.78, 5) is 4.16. The molecule has 0 fully saturated rings. The molecule has 0 spiro atoms. The summed E-state index contributed by atoms with van der Waals surface area (Å²) in [5, 5.41) is 0. The molecular formula is C17H16FN3. The molecule has 3 rings (SSSR count). The molecule has 0 saturated heterocycles. The second-order valence-corrected chi connectivity index (χ2v) is 4.96. The molecule has 2 N–H and O–H groups in total. The fraction of sp³-hybridized carbons (Fsp3) is 0.118. The van der Waals surface area contributed by atoms with Crippen molar-refractivity contribution in [1.82, 2.24) is 9.55 Å². The molecule has 0 radical (unpaired) electrons. The van der Waals surface area contributed by atoms with Crippen LogP contribution in [-0.2, 0) is 6.54 Å². The van der Waals surface area contributed by atoms with Gasteiger partial charge in [0.05, 0.1) is 18.2 Å². The first-order valence-corrected chi connectivity index (χ1v) is 6.80. The van der Waals surface area contributed by atoms with Gasteiger partial charge in [-0.25, -0.2) is 9.37 Å². The molecule has 106 valence electrons. The molecule has 0 amide bonds. The van der Waals surface area contributed by atoms with Crippen molar-refractivity contribution in [1.29, 1.82) is 0 Å². The highest BCUT2D eigenvalue weighted by Crippen LogP contribution is 2.22. The van der Waals surface area contributed by atoms with E-state index in [9.17, 15) is 4.39 Å². The van der Waals surface area contributed by atoms with E-state index >= 15 is 0 Å². The Balaban J connectivity index is 1.86. The normalized spacial score (nSPS) is 12.3. The summed E-state index contributed by atoms with van der Waals surface area (Å²) >= 11 is 0. The SMILES string of the molecule is NC(Cn1cncc1-c1cccc(F)c1)c1ccccc1. The lowest BCUT2D eigenvalue weighted by molar-refractivity contribution is 0.580. The van der Waals surface area contributed by atoms with Crippen molar-refractivity contribution < 1.29 is 4.39 Å². The molecule has 3 aromatic rings. The topological polar surface area (TPSA) is 43.8 Å². The first-order valence-electron chi connectivity index (χ1n) is 6.80. The van der Waals surface area contributed by atoms with Gasteiger partial charge >= 0.3 is 0 Å². The van der Waals surface area contributed by atoms with Gasteiger partial charge in [-0.05, 0) is 17.7 Å². The van der Waals surface area contributed by atoms with Gasteiger partial charge in [0.15, 0.2) is 0 Å². The van der Waals surface area contributed by atoms with E-state index in [1.54, 1.807) is 18.6 Å². The number of halogens is 1. The Morgan fingerprint density at radius 3 is 2.67 bits per heavy atom. The van der Waals surface area contributed by atoms with E-state index in [1.807, 2.05) is 41.0 Å². The van der Waals surface area contributed by atoms with E-state index in [2.05, 4.69) is 4.98 Å². The number of hydrogen-bond donors (Lipinski definition) is 1. The monoisotopic (exact) mass is 281 g/mol. The highest BCUT2D eigenvalue weighted by molar-refractivity contribution is 5.58. The number of imidazole rings is 1. The zero-order valence-corrected chi connectivity index (χ0v) is 11.5. The van der Waals surface area contributed by atoms with Gasteiger partial charge in [0.2, 0.25) is 0 Å². The van der Waals surface area contributed by atoms with Crippen LogP contribution in [0.5, 0.6) is 0 Å². The lowest BCUT2D eigenvalue weighted by Crippen LogP contribution is -2.17. The minimum absolute atomic E-state index is 0.132. The Bertz CT molecular complexity index is 722. The molecule has 3 nitrogen and oxygen atoms in total. The molecule has 0 aliphatic rings. The van der Waals surface area contributed by atoms with Crippen molar-refractivity contribution in [3.8, 4) is 11.3 Å². The maximum Gasteiger partial charge on any atom is 0.123 e. The third kappa shape index (κ3) is 3.01. The van der Waals surface area contributed by atoms with Crippen molar-refractivity contribution in [3.05, 3.63) is 78.5 Å².